The summed E-state index contributed by atoms with van der Waals surface area (Å²) in [5.41, 5.74) is 1.65. The molecule has 2 fully saturated rings. The van der Waals surface area contributed by atoms with E-state index in [9.17, 15) is 18.3 Å². The molecule has 1 heterocycles. The Labute approximate surface area is 180 Å². The van der Waals surface area contributed by atoms with E-state index < -0.39 is 12.7 Å². The molecular weight excluding hydrogens is 407 g/mol. The fourth-order valence-corrected chi connectivity index (χ4v) is 5.07. The highest BCUT2D eigenvalue weighted by Crippen LogP contribution is 2.46. The Hall–Kier alpha value is -2.29. The van der Waals surface area contributed by atoms with Gasteiger partial charge in [0.1, 0.15) is 5.75 Å². The molecule has 31 heavy (non-hydrogen) atoms. The van der Waals surface area contributed by atoms with E-state index in [0.717, 1.165) is 25.7 Å². The lowest BCUT2D eigenvalue weighted by atomic mass is 9.69. The Balaban J connectivity index is 1.48. The summed E-state index contributed by atoms with van der Waals surface area (Å²) in [6.07, 6.45) is -1.98. The van der Waals surface area contributed by atoms with Gasteiger partial charge in [-0.2, -0.15) is 0 Å². The van der Waals surface area contributed by atoms with Crippen molar-refractivity contribution in [2.24, 2.45) is 0 Å². The van der Waals surface area contributed by atoms with Gasteiger partial charge in [-0.3, -0.25) is 10.2 Å². The maximum Gasteiger partial charge on any atom is 0.573 e. The smallest absolute Gasteiger partial charge is 0.406 e. The van der Waals surface area contributed by atoms with E-state index >= 15 is 0 Å². The number of rotatable bonds is 4. The highest BCUT2D eigenvalue weighted by molar-refractivity contribution is 5.51. The number of aliphatic hydroxyl groups is 1. The average molecular weight is 435 g/mol. The van der Waals surface area contributed by atoms with Gasteiger partial charge in [0, 0.05) is 23.3 Å². The number of nitrogens with one attached hydrogen (secondary N) is 1. The van der Waals surface area contributed by atoms with Crippen molar-refractivity contribution < 1.29 is 23.0 Å². The SMILES string of the molecule is CN(C)[C@]1(c2ccccc2)CC[C@]2(CC1)CN(c1ccc(OC(F)(F)F)cc1)C(O)N2. The first-order valence-electron chi connectivity index (χ1n) is 10.4. The van der Waals surface area contributed by atoms with Crippen LogP contribution in [0.2, 0.25) is 0 Å². The third-order valence-corrected chi connectivity index (χ3v) is 6.81. The minimum Gasteiger partial charge on any atom is -0.406 e. The second kappa shape index (κ2) is 8.00. The molecular formula is C23H28F3N3O2. The Bertz CT molecular complexity index is 879. The largest absolute Gasteiger partial charge is 0.573 e. The molecule has 168 valence electrons. The van der Waals surface area contributed by atoms with Crippen molar-refractivity contribution >= 4 is 5.69 Å². The first-order chi connectivity index (χ1) is 14.6. The van der Waals surface area contributed by atoms with Crippen molar-refractivity contribution in [3.05, 3.63) is 60.2 Å². The zero-order chi connectivity index (χ0) is 22.3. The van der Waals surface area contributed by atoms with Gasteiger partial charge >= 0.3 is 6.36 Å². The predicted molar refractivity (Wildman–Crippen MR) is 113 cm³/mol. The number of halogens is 3. The van der Waals surface area contributed by atoms with Crippen molar-refractivity contribution in [1.82, 2.24) is 10.2 Å². The molecule has 1 unspecified atom stereocenters. The molecule has 5 nitrogen and oxygen atoms in total. The number of hydrogen-bond acceptors (Lipinski definition) is 5. The third-order valence-electron chi connectivity index (χ3n) is 6.81. The van der Waals surface area contributed by atoms with Gasteiger partial charge in [-0.05, 0) is 69.6 Å². The molecule has 8 heteroatoms. The molecule has 1 aliphatic heterocycles. The molecule has 0 radical (unpaired) electrons. The molecule has 0 bridgehead atoms. The summed E-state index contributed by atoms with van der Waals surface area (Å²) in [5, 5.41) is 14.0. The van der Waals surface area contributed by atoms with Gasteiger partial charge in [0.2, 0.25) is 0 Å². The van der Waals surface area contributed by atoms with E-state index in [4.69, 9.17) is 0 Å². The lowest BCUT2D eigenvalue weighted by molar-refractivity contribution is -0.274. The first kappa shape index (κ1) is 21.9. The maximum absolute atomic E-state index is 12.4. The summed E-state index contributed by atoms with van der Waals surface area (Å²) in [7, 11) is 4.22. The second-order valence-corrected chi connectivity index (χ2v) is 8.76. The standard InChI is InChI=1S/C23H28F3N3O2/c1-28(2)22(17-6-4-3-5-7-17)14-12-21(13-15-22)16-29(20(30)27-21)18-8-10-19(11-9-18)31-23(24,25)26/h3-11,20,27,30H,12-16H2,1-2H3/t20?,21-,22+. The molecule has 2 aliphatic rings. The predicted octanol–water partition coefficient (Wildman–Crippen LogP) is 4.04. The van der Waals surface area contributed by atoms with Crippen LogP contribution >= 0.6 is 0 Å². The van der Waals surface area contributed by atoms with Crippen molar-refractivity contribution in [2.75, 3.05) is 25.5 Å². The maximum atomic E-state index is 12.4. The van der Waals surface area contributed by atoms with Crippen LogP contribution in [0.5, 0.6) is 5.75 Å². The Morgan fingerprint density at radius 1 is 1.00 bits per heavy atom. The Kier molecular flexibility index (Phi) is 5.66. The average Bonchev–Trinajstić information content (AvgIpc) is 3.04. The number of anilines is 1. The molecule has 0 amide bonds. The number of alkyl halides is 3. The number of hydrogen-bond donors (Lipinski definition) is 2. The number of aliphatic hydroxyl groups excluding tert-OH is 1. The van der Waals surface area contributed by atoms with Crippen LogP contribution in [0, 0.1) is 0 Å². The summed E-state index contributed by atoms with van der Waals surface area (Å²) in [6, 6.07) is 16.1. The summed E-state index contributed by atoms with van der Waals surface area (Å²) < 4.78 is 41.1. The normalized spacial score (nSPS) is 29.0. The molecule has 4 rings (SSSR count). The Morgan fingerprint density at radius 2 is 1.61 bits per heavy atom. The third kappa shape index (κ3) is 4.37. The zero-order valence-corrected chi connectivity index (χ0v) is 17.7. The molecule has 1 saturated heterocycles. The second-order valence-electron chi connectivity index (χ2n) is 8.76. The van der Waals surface area contributed by atoms with Gasteiger partial charge in [-0.1, -0.05) is 30.3 Å². The first-order valence-corrected chi connectivity index (χ1v) is 10.4. The highest BCUT2D eigenvalue weighted by atomic mass is 19.4. The zero-order valence-electron chi connectivity index (χ0n) is 17.7. The minimum absolute atomic E-state index is 0.0524. The van der Waals surface area contributed by atoms with Gasteiger partial charge in [0.05, 0.1) is 0 Å². The molecule has 2 aromatic carbocycles. The van der Waals surface area contributed by atoms with E-state index in [2.05, 4.69) is 53.3 Å². The molecule has 2 N–H and O–H groups in total. The van der Waals surface area contributed by atoms with E-state index in [1.165, 1.54) is 17.7 Å². The van der Waals surface area contributed by atoms with Crippen LogP contribution in [0.15, 0.2) is 54.6 Å². The van der Waals surface area contributed by atoms with Gasteiger partial charge < -0.3 is 14.7 Å². The van der Waals surface area contributed by atoms with Crippen LogP contribution < -0.4 is 15.0 Å². The van der Waals surface area contributed by atoms with Gasteiger partial charge in [0.15, 0.2) is 6.35 Å². The van der Waals surface area contributed by atoms with Crippen LogP contribution in [0.25, 0.3) is 0 Å². The van der Waals surface area contributed by atoms with Crippen molar-refractivity contribution in [2.45, 2.75) is 49.5 Å². The molecule has 2 aromatic rings. The fourth-order valence-electron chi connectivity index (χ4n) is 5.07. The lowest BCUT2D eigenvalue weighted by Gasteiger charge is -2.49. The van der Waals surface area contributed by atoms with E-state index in [1.807, 2.05) is 6.07 Å². The van der Waals surface area contributed by atoms with Crippen LogP contribution in [0.1, 0.15) is 31.2 Å². The van der Waals surface area contributed by atoms with E-state index in [1.54, 1.807) is 17.0 Å². The fraction of sp³-hybridized carbons (Fsp3) is 0.478. The van der Waals surface area contributed by atoms with Crippen molar-refractivity contribution in [1.29, 1.82) is 0 Å². The Morgan fingerprint density at radius 3 is 2.16 bits per heavy atom. The molecule has 1 aliphatic carbocycles. The number of ether oxygens (including phenoxy) is 1. The molecule has 1 saturated carbocycles. The van der Waals surface area contributed by atoms with Crippen molar-refractivity contribution in [3.63, 3.8) is 0 Å². The van der Waals surface area contributed by atoms with Crippen LogP contribution in [0.3, 0.4) is 0 Å². The number of nitrogens with zero attached hydrogens (tertiary/aromatic N) is 2. The van der Waals surface area contributed by atoms with Gasteiger partial charge in [0.25, 0.3) is 0 Å². The summed E-state index contributed by atoms with van der Waals surface area (Å²) in [6.45, 7) is 0.589. The quantitative estimate of drug-likeness (QED) is 0.759. The van der Waals surface area contributed by atoms with E-state index in [-0.39, 0.29) is 16.8 Å². The summed E-state index contributed by atoms with van der Waals surface area (Å²) in [4.78, 5) is 4.08. The molecule has 1 atom stereocenters. The molecule has 1 spiro atoms. The van der Waals surface area contributed by atoms with Crippen molar-refractivity contribution in [3.8, 4) is 5.75 Å². The topological polar surface area (TPSA) is 48.0 Å². The summed E-state index contributed by atoms with van der Waals surface area (Å²) in [5.74, 6) is -0.274. The lowest BCUT2D eigenvalue weighted by Crippen LogP contribution is -2.54. The van der Waals surface area contributed by atoms with Gasteiger partial charge in [-0.25, -0.2) is 0 Å². The highest BCUT2D eigenvalue weighted by Gasteiger charge is 2.50. The summed E-state index contributed by atoms with van der Waals surface area (Å²) >= 11 is 0. The van der Waals surface area contributed by atoms with Crippen LogP contribution in [-0.2, 0) is 5.54 Å². The monoisotopic (exact) mass is 435 g/mol. The molecule has 0 aromatic heterocycles. The van der Waals surface area contributed by atoms with Gasteiger partial charge in [-0.15, -0.1) is 13.2 Å². The van der Waals surface area contributed by atoms with E-state index in [0.29, 0.717) is 12.2 Å². The van der Waals surface area contributed by atoms with Crippen LogP contribution in [0.4, 0.5) is 18.9 Å². The minimum atomic E-state index is -4.72. The van der Waals surface area contributed by atoms with Crippen LogP contribution in [-0.4, -0.2) is 48.9 Å². The number of benzene rings is 2.